The molecule has 19 heavy (non-hydrogen) atoms. The number of hydrogen-bond acceptors (Lipinski definition) is 5. The standard InChI is InChI=1S/C14H22N2O2S/c1-2-6-11(17)9-14-15-13(16-18-14)10-19-12-7-4-3-5-8-12/h12H,2-10H2,1H3. The van der Waals surface area contributed by atoms with Gasteiger partial charge in [-0.05, 0) is 19.3 Å². The first-order chi connectivity index (χ1) is 9.28. The molecule has 0 saturated heterocycles. The number of ketones is 1. The van der Waals surface area contributed by atoms with Crippen molar-refractivity contribution >= 4 is 17.5 Å². The van der Waals surface area contributed by atoms with Gasteiger partial charge in [-0.2, -0.15) is 16.7 Å². The van der Waals surface area contributed by atoms with Crippen molar-refractivity contribution in [1.82, 2.24) is 10.1 Å². The summed E-state index contributed by atoms with van der Waals surface area (Å²) in [6, 6.07) is 0. The lowest BCUT2D eigenvalue weighted by Gasteiger charge is -2.19. The minimum Gasteiger partial charge on any atom is -0.339 e. The highest BCUT2D eigenvalue weighted by atomic mass is 32.2. The molecule has 1 aromatic heterocycles. The van der Waals surface area contributed by atoms with E-state index in [2.05, 4.69) is 10.1 Å². The summed E-state index contributed by atoms with van der Waals surface area (Å²) < 4.78 is 5.13. The largest absolute Gasteiger partial charge is 0.339 e. The van der Waals surface area contributed by atoms with E-state index in [1.165, 1.54) is 32.1 Å². The quantitative estimate of drug-likeness (QED) is 0.765. The second kappa shape index (κ2) is 7.68. The van der Waals surface area contributed by atoms with Gasteiger partial charge in [-0.1, -0.05) is 31.3 Å². The first kappa shape index (κ1) is 14.6. The molecule has 1 fully saturated rings. The molecule has 0 atom stereocenters. The third-order valence-corrected chi connectivity index (χ3v) is 4.76. The minimum absolute atomic E-state index is 0.178. The number of hydrogen-bond donors (Lipinski definition) is 0. The number of rotatable bonds is 7. The number of aromatic nitrogens is 2. The maximum Gasteiger partial charge on any atom is 0.234 e. The highest BCUT2D eigenvalue weighted by Crippen LogP contribution is 2.29. The van der Waals surface area contributed by atoms with Crippen LogP contribution in [-0.2, 0) is 17.0 Å². The van der Waals surface area contributed by atoms with Crippen LogP contribution in [0.5, 0.6) is 0 Å². The number of carbonyl (C=O) groups is 1. The van der Waals surface area contributed by atoms with Crippen LogP contribution in [0, 0.1) is 0 Å². The van der Waals surface area contributed by atoms with Gasteiger partial charge in [0.2, 0.25) is 5.89 Å². The molecule has 4 nitrogen and oxygen atoms in total. The molecule has 0 bridgehead atoms. The van der Waals surface area contributed by atoms with Crippen molar-refractivity contribution in [1.29, 1.82) is 0 Å². The summed E-state index contributed by atoms with van der Waals surface area (Å²) in [5, 5.41) is 4.70. The van der Waals surface area contributed by atoms with Gasteiger partial charge in [0.05, 0.1) is 12.2 Å². The van der Waals surface area contributed by atoms with E-state index in [4.69, 9.17) is 4.52 Å². The zero-order valence-corrected chi connectivity index (χ0v) is 12.4. The molecule has 106 valence electrons. The van der Waals surface area contributed by atoms with Crippen LogP contribution >= 0.6 is 11.8 Å². The van der Waals surface area contributed by atoms with Crippen molar-refractivity contribution in [2.24, 2.45) is 0 Å². The summed E-state index contributed by atoms with van der Waals surface area (Å²) in [5.74, 6) is 2.18. The van der Waals surface area contributed by atoms with E-state index in [9.17, 15) is 4.79 Å². The third-order valence-electron chi connectivity index (χ3n) is 3.39. The van der Waals surface area contributed by atoms with Crippen molar-refractivity contribution in [2.45, 2.75) is 69.3 Å². The van der Waals surface area contributed by atoms with Gasteiger partial charge in [0.25, 0.3) is 0 Å². The average Bonchev–Trinajstić information content (AvgIpc) is 2.85. The Labute approximate surface area is 118 Å². The lowest BCUT2D eigenvalue weighted by atomic mass is 10.0. The summed E-state index contributed by atoms with van der Waals surface area (Å²) in [7, 11) is 0. The fourth-order valence-corrected chi connectivity index (χ4v) is 3.55. The predicted molar refractivity (Wildman–Crippen MR) is 76.1 cm³/mol. The fraction of sp³-hybridized carbons (Fsp3) is 0.786. The first-order valence-corrected chi connectivity index (χ1v) is 8.27. The van der Waals surface area contributed by atoms with E-state index in [0.29, 0.717) is 12.3 Å². The summed E-state index contributed by atoms with van der Waals surface area (Å²) in [6.07, 6.45) is 8.44. The Balaban J connectivity index is 1.75. The van der Waals surface area contributed by atoms with Gasteiger partial charge >= 0.3 is 0 Å². The molecule has 0 radical (unpaired) electrons. The molecule has 0 amide bonds. The van der Waals surface area contributed by atoms with Crippen LogP contribution in [-0.4, -0.2) is 21.2 Å². The molecular weight excluding hydrogens is 260 g/mol. The van der Waals surface area contributed by atoms with Crippen molar-refractivity contribution in [3.05, 3.63) is 11.7 Å². The number of thioether (sulfide) groups is 1. The number of Topliss-reactive ketones (excluding diaryl/α,β-unsaturated/α-hetero) is 1. The molecule has 5 heteroatoms. The number of nitrogens with zero attached hydrogens (tertiary/aromatic N) is 2. The van der Waals surface area contributed by atoms with E-state index >= 15 is 0 Å². The van der Waals surface area contributed by atoms with Crippen LogP contribution in [0.15, 0.2) is 4.52 Å². The Kier molecular flexibility index (Phi) is 5.89. The Hall–Kier alpha value is -0.840. The predicted octanol–water partition coefficient (Wildman–Crippen LogP) is 3.55. The van der Waals surface area contributed by atoms with E-state index < -0.39 is 0 Å². The second-order valence-corrected chi connectivity index (χ2v) is 6.43. The topological polar surface area (TPSA) is 56.0 Å². The van der Waals surface area contributed by atoms with Gasteiger partial charge in [-0.25, -0.2) is 0 Å². The SMILES string of the molecule is CCCC(=O)Cc1nc(CSC2CCCCC2)no1. The van der Waals surface area contributed by atoms with Crippen LogP contribution in [0.4, 0.5) is 0 Å². The Bertz CT molecular complexity index is 400. The summed E-state index contributed by atoms with van der Waals surface area (Å²) in [4.78, 5) is 15.8. The van der Waals surface area contributed by atoms with Gasteiger partial charge in [0.15, 0.2) is 5.82 Å². The van der Waals surface area contributed by atoms with Crippen molar-refractivity contribution in [3.63, 3.8) is 0 Å². The summed E-state index contributed by atoms with van der Waals surface area (Å²) in [5.41, 5.74) is 0. The molecule has 0 spiro atoms. The van der Waals surface area contributed by atoms with Crippen LogP contribution in [0.25, 0.3) is 0 Å². The maximum atomic E-state index is 11.5. The van der Waals surface area contributed by atoms with Gasteiger partial charge in [0, 0.05) is 11.7 Å². The molecule has 1 aliphatic carbocycles. The molecule has 1 aromatic rings. The normalized spacial score (nSPS) is 16.7. The molecule has 0 N–H and O–H groups in total. The van der Waals surface area contributed by atoms with Gasteiger partial charge in [-0.3, -0.25) is 4.79 Å². The van der Waals surface area contributed by atoms with Crippen LogP contribution in [0.3, 0.4) is 0 Å². The maximum absolute atomic E-state index is 11.5. The molecule has 2 rings (SSSR count). The first-order valence-electron chi connectivity index (χ1n) is 7.22. The zero-order valence-electron chi connectivity index (χ0n) is 11.6. The van der Waals surface area contributed by atoms with Gasteiger partial charge in [0.1, 0.15) is 5.78 Å². The molecule has 1 heterocycles. The minimum atomic E-state index is 0.178. The lowest BCUT2D eigenvalue weighted by Crippen LogP contribution is -2.08. The lowest BCUT2D eigenvalue weighted by molar-refractivity contribution is -0.118. The second-order valence-electron chi connectivity index (χ2n) is 5.14. The molecule has 0 unspecified atom stereocenters. The number of carbonyl (C=O) groups excluding carboxylic acids is 1. The van der Waals surface area contributed by atoms with Gasteiger partial charge in [-0.15, -0.1) is 0 Å². The summed E-state index contributed by atoms with van der Waals surface area (Å²) >= 11 is 1.92. The fourth-order valence-electron chi connectivity index (χ4n) is 2.38. The zero-order chi connectivity index (χ0) is 13.5. The Morgan fingerprint density at radius 3 is 2.89 bits per heavy atom. The van der Waals surface area contributed by atoms with Crippen LogP contribution < -0.4 is 0 Å². The van der Waals surface area contributed by atoms with Crippen LogP contribution in [0.2, 0.25) is 0 Å². The highest BCUT2D eigenvalue weighted by Gasteiger charge is 2.16. The molecule has 1 saturated carbocycles. The Morgan fingerprint density at radius 2 is 2.16 bits per heavy atom. The van der Waals surface area contributed by atoms with E-state index in [-0.39, 0.29) is 12.2 Å². The molecule has 0 aromatic carbocycles. The van der Waals surface area contributed by atoms with Crippen molar-refractivity contribution < 1.29 is 9.32 Å². The third kappa shape index (κ3) is 4.97. The monoisotopic (exact) mass is 282 g/mol. The molecule has 0 aliphatic heterocycles. The molecular formula is C14H22N2O2S. The smallest absolute Gasteiger partial charge is 0.234 e. The average molecular weight is 282 g/mol. The van der Waals surface area contributed by atoms with E-state index in [0.717, 1.165) is 23.2 Å². The van der Waals surface area contributed by atoms with E-state index in [1.807, 2.05) is 18.7 Å². The molecule has 1 aliphatic rings. The summed E-state index contributed by atoms with van der Waals surface area (Å²) in [6.45, 7) is 2.00. The van der Waals surface area contributed by atoms with Crippen LogP contribution in [0.1, 0.15) is 63.6 Å². The van der Waals surface area contributed by atoms with Gasteiger partial charge < -0.3 is 4.52 Å². The van der Waals surface area contributed by atoms with Crippen molar-refractivity contribution in [3.8, 4) is 0 Å². The van der Waals surface area contributed by atoms with Crippen molar-refractivity contribution in [2.75, 3.05) is 0 Å². The van der Waals surface area contributed by atoms with E-state index in [1.54, 1.807) is 0 Å². The highest BCUT2D eigenvalue weighted by molar-refractivity contribution is 7.99. The Morgan fingerprint density at radius 1 is 1.37 bits per heavy atom.